The Labute approximate surface area is 592 Å². The number of aromatic amines is 1. The van der Waals surface area contributed by atoms with Crippen molar-refractivity contribution in [3.63, 3.8) is 0 Å². The predicted molar refractivity (Wildman–Crippen MR) is 392 cm³/mol. The number of allylic oxidation sites excluding steroid dienone is 5. The molecule has 15 heteroatoms. The van der Waals surface area contributed by atoms with Gasteiger partial charge in [-0.05, 0) is 222 Å². The number of aromatic hydroxyl groups is 2. The number of aliphatic hydroxyl groups excluding tert-OH is 1. The summed E-state index contributed by atoms with van der Waals surface area (Å²) in [6.07, 6.45) is 28.3. The van der Waals surface area contributed by atoms with Crippen LogP contribution in [0.1, 0.15) is 187 Å². The molecule has 0 saturated heterocycles. The van der Waals surface area contributed by atoms with Crippen LogP contribution in [0.15, 0.2) is 121 Å². The highest BCUT2D eigenvalue weighted by Gasteiger charge is 2.71. The van der Waals surface area contributed by atoms with Crippen molar-refractivity contribution in [2.45, 2.75) is 169 Å². The number of hydrogen-bond acceptors (Lipinski definition) is 14. The lowest BCUT2D eigenvalue weighted by Crippen LogP contribution is -2.60. The fraction of sp³-hybridized carbons (Fsp3) is 0.518. The van der Waals surface area contributed by atoms with E-state index in [1.807, 2.05) is 64.1 Å². The standard InChI is InChI=1S/C83H91N3O8S4/c84-77(85)62-36-51-8-6-12-69-60(22-31-86-69)72(91)40-63-61(51)37-55(62)44-95-96-45-57-41-79(26-20-58(88)16-13-49-15-18-71(90)73(34-49)94-32-23-50-14-17-70(89)64(63)33-50)47-83(57,93)75-39-53-9-5-10-54-35-56-19-28-81-30-29-80(42-67(53)79,48-82(56,92)66-21-27-78(76(54)66)24-3-4-25-78)74(81)38-52-7-1-2-11-59(52)65(43-87)68(81)46-97-98-75/h1-2,7,11,14-15,17-18,20,22,26,29-31,33-34,36-37,39,54,56-57,63,65-68,74-77,86-87,89-90,92-93H,3-4,9,12-13,16,19,21,23-25,27-28,32,35,38,40-48,84-85H2/b26-20+/t54-,56-,57+,63-,65+,66+,67-,68-,74+,75-,76+,79+,80-,81+,82-,83-/m1/s1. The second-order valence-corrected chi connectivity index (χ2v) is 37.0. The van der Waals surface area contributed by atoms with E-state index in [0.717, 1.165) is 77.8 Å². The Morgan fingerprint density at radius 1 is 0.735 bits per heavy atom. The van der Waals surface area contributed by atoms with Crippen molar-refractivity contribution in [2.75, 3.05) is 24.7 Å². The molecule has 3 heterocycles. The van der Waals surface area contributed by atoms with E-state index in [0.29, 0.717) is 84.8 Å². The van der Waals surface area contributed by atoms with Gasteiger partial charge in [-0.25, -0.2) is 0 Å². The minimum atomic E-state index is -1.23. The Bertz CT molecular complexity index is 4260. The number of aromatic nitrogens is 1. The van der Waals surface area contributed by atoms with Crippen molar-refractivity contribution in [1.29, 1.82) is 0 Å². The molecule has 4 aromatic carbocycles. The maximum atomic E-state index is 15.0. The summed E-state index contributed by atoms with van der Waals surface area (Å²) in [6.45, 7) is 0.247. The van der Waals surface area contributed by atoms with Crippen LogP contribution < -0.4 is 16.2 Å². The second-order valence-electron chi connectivity index (χ2n) is 31.9. The molecule has 16 atom stereocenters. The van der Waals surface area contributed by atoms with Gasteiger partial charge in [0.1, 0.15) is 5.75 Å². The molecule has 0 amide bonds. The summed E-state index contributed by atoms with van der Waals surface area (Å²) in [5.41, 5.74) is 20.7. The molecule has 0 unspecified atom stereocenters. The molecule has 98 heavy (non-hydrogen) atoms. The fourth-order valence-electron chi connectivity index (χ4n) is 23.0. The number of nitrogens with one attached hydrogen (secondary N) is 1. The molecular weight excluding hydrogens is 1300 g/mol. The average molecular weight is 1390 g/mol. The van der Waals surface area contributed by atoms with Gasteiger partial charge in [-0.15, -0.1) is 0 Å². The number of rotatable bonds is 2. The van der Waals surface area contributed by atoms with E-state index in [-0.39, 0.29) is 113 Å². The van der Waals surface area contributed by atoms with E-state index in [4.69, 9.17) is 16.2 Å². The lowest BCUT2D eigenvalue weighted by molar-refractivity contribution is -0.176. The molecule has 3 spiro atoms. The van der Waals surface area contributed by atoms with E-state index in [2.05, 4.69) is 83.3 Å². The number of fused-ring (bicyclic) bond motifs is 14. The lowest BCUT2D eigenvalue weighted by Gasteiger charge is -2.60. The Kier molecular flexibility index (Phi) is 17.1. The molecule has 11 aliphatic carbocycles. The smallest absolute Gasteiger partial charge is 0.165 e. The molecule has 0 radical (unpaired) electrons. The Morgan fingerprint density at radius 2 is 1.57 bits per heavy atom. The number of ketones is 2. The summed E-state index contributed by atoms with van der Waals surface area (Å²) >= 11 is 0. The number of Topliss-reactive ketones (excluding diaryl/α,β-unsaturated/α-hetero) is 1. The van der Waals surface area contributed by atoms with Crippen LogP contribution in [-0.4, -0.2) is 83.3 Å². The number of carbonyl (C=O) groups is 2. The van der Waals surface area contributed by atoms with Gasteiger partial charge in [-0.1, -0.05) is 158 Å². The molecule has 510 valence electrons. The number of carbonyl (C=O) groups excluding carboxylic acids is 2. The largest absolute Gasteiger partial charge is 0.508 e. The van der Waals surface area contributed by atoms with E-state index < -0.39 is 34.1 Å². The first-order valence-electron chi connectivity index (χ1n) is 36.4. The molecule has 5 aromatic rings. The van der Waals surface area contributed by atoms with Crippen LogP contribution in [0.4, 0.5) is 0 Å². The fourth-order valence-corrected chi connectivity index (χ4v) is 28.9. The average Bonchev–Trinajstić information content (AvgIpc) is 1.51. The van der Waals surface area contributed by atoms with E-state index >= 15 is 4.79 Å². The summed E-state index contributed by atoms with van der Waals surface area (Å²) < 4.78 is 6.38. The molecule has 18 rings (SSSR count). The first-order valence-corrected chi connectivity index (χ1v) is 41.3. The SMILES string of the molecule is NC(N)c1cc2c3cc1CSSC[C@@H]1C[C@@]4(/C=C/C(=O)CCc5ccc(O)c(c5)OCCc5ccc(O)c(c5)[C@@H]3CC(=O)c3cc[nH]c3CC#C2)C[C@]1(O)[C@H]1C=C2CC#C[C@@H]3C[C@H]5CC[C@@]67C=C[C@@](C[C@H]24)(C[C@]5(O)[C@H]2CCC4(CCCC4)[C@@H]32)[C@@H]6Cc2ccccc2[C@H](CO)[C@H]7CSS1. The van der Waals surface area contributed by atoms with Gasteiger partial charge < -0.3 is 46.7 Å². The molecule has 10 N–H and O–H groups in total. The highest BCUT2D eigenvalue weighted by molar-refractivity contribution is 8.77. The van der Waals surface area contributed by atoms with Gasteiger partial charge in [-0.3, -0.25) is 9.59 Å². The number of phenols is 2. The topological polar surface area (TPSA) is 212 Å². The maximum absolute atomic E-state index is 15.0. The number of phenolic OH excluding ortho intramolecular Hbond substituents is 2. The van der Waals surface area contributed by atoms with Crippen LogP contribution in [0.25, 0.3) is 0 Å². The first kappa shape index (κ1) is 65.7. The Balaban J connectivity index is 0.811. The summed E-state index contributed by atoms with van der Waals surface area (Å²) in [4.78, 5) is 33.0. The van der Waals surface area contributed by atoms with Gasteiger partial charge in [0.25, 0.3) is 0 Å². The van der Waals surface area contributed by atoms with E-state index in [1.165, 1.54) is 48.8 Å². The molecular formula is C83H91N3O8S4. The normalized spacial score (nSPS) is 36.9. The van der Waals surface area contributed by atoms with Gasteiger partial charge >= 0.3 is 0 Å². The highest BCUT2D eigenvalue weighted by atomic mass is 33.1. The molecule has 2 aliphatic heterocycles. The third kappa shape index (κ3) is 10.9. The molecule has 19 bridgehead atoms. The first-order chi connectivity index (χ1) is 47.5. The molecule has 11 nitrogen and oxygen atoms in total. The van der Waals surface area contributed by atoms with Crippen LogP contribution in [-0.2, 0) is 36.2 Å². The summed E-state index contributed by atoms with van der Waals surface area (Å²) in [5, 5.41) is 64.2. The number of aliphatic hydroxyl groups is 3. The minimum absolute atomic E-state index is 0.00667. The number of aryl methyl sites for hydroxylation is 1. The number of benzene rings is 4. The predicted octanol–water partition coefficient (Wildman–Crippen LogP) is 14.7. The van der Waals surface area contributed by atoms with E-state index in [1.54, 1.807) is 39.9 Å². The van der Waals surface area contributed by atoms with Crippen molar-refractivity contribution >= 4 is 54.7 Å². The zero-order valence-corrected chi connectivity index (χ0v) is 59.1. The van der Waals surface area contributed by atoms with Crippen LogP contribution in [0.3, 0.4) is 0 Å². The Hall–Kier alpha value is -5.56. The zero-order chi connectivity index (χ0) is 66.9. The second kappa shape index (κ2) is 25.4. The maximum Gasteiger partial charge on any atom is 0.165 e. The number of hydrogen-bond donors (Lipinski definition) is 8. The quantitative estimate of drug-likeness (QED) is 0.0358. The minimum Gasteiger partial charge on any atom is -0.508 e. The Morgan fingerprint density at radius 3 is 2.43 bits per heavy atom. The number of ether oxygens (including phenoxy) is 1. The van der Waals surface area contributed by atoms with Gasteiger partial charge in [0.15, 0.2) is 23.1 Å². The lowest BCUT2D eigenvalue weighted by atomic mass is 9.45. The van der Waals surface area contributed by atoms with Crippen molar-refractivity contribution in [3.8, 4) is 40.9 Å². The summed E-state index contributed by atoms with van der Waals surface area (Å²) in [6, 6.07) is 25.7. The third-order valence-corrected chi connectivity index (χ3v) is 32.6. The summed E-state index contributed by atoms with van der Waals surface area (Å²) in [7, 11) is 7.15. The van der Waals surface area contributed by atoms with Crippen LogP contribution in [0.2, 0.25) is 0 Å². The zero-order valence-electron chi connectivity index (χ0n) is 55.8. The van der Waals surface area contributed by atoms with Gasteiger partial charge in [0.05, 0.1) is 42.3 Å². The molecule has 5 fully saturated rings. The van der Waals surface area contributed by atoms with Crippen molar-refractivity contribution in [1.82, 2.24) is 4.98 Å². The van der Waals surface area contributed by atoms with Gasteiger partial charge in [0, 0.05) is 89.3 Å². The van der Waals surface area contributed by atoms with Crippen LogP contribution >= 0.6 is 43.2 Å². The molecule has 13 aliphatic rings. The number of H-pyrrole nitrogens is 1. The molecule has 5 saturated carbocycles. The monoisotopic (exact) mass is 1390 g/mol. The van der Waals surface area contributed by atoms with Crippen LogP contribution in [0, 0.1) is 92.7 Å². The third-order valence-electron chi connectivity index (χ3n) is 27.4. The van der Waals surface area contributed by atoms with Crippen molar-refractivity contribution in [2.24, 2.45) is 80.5 Å². The molecule has 1 aromatic heterocycles. The van der Waals surface area contributed by atoms with E-state index in [9.17, 15) is 30.3 Å². The highest BCUT2D eigenvalue weighted by Crippen LogP contribution is 2.75. The summed E-state index contributed by atoms with van der Waals surface area (Å²) in [5.74, 6) is 17.1. The van der Waals surface area contributed by atoms with Crippen LogP contribution in [0.5, 0.6) is 17.2 Å². The number of nitrogens with two attached hydrogens (primary N) is 2. The van der Waals surface area contributed by atoms with Crippen molar-refractivity contribution < 1.29 is 39.9 Å². The van der Waals surface area contributed by atoms with Gasteiger partial charge in [-0.2, -0.15) is 0 Å². The van der Waals surface area contributed by atoms with Gasteiger partial charge in [0.2, 0.25) is 0 Å². The van der Waals surface area contributed by atoms with Crippen molar-refractivity contribution in [3.05, 3.63) is 182 Å².